The molecule has 2 aromatic carbocycles. The van der Waals surface area contributed by atoms with E-state index in [9.17, 15) is 14.7 Å². The summed E-state index contributed by atoms with van der Waals surface area (Å²) in [5, 5.41) is 20.7. The molecule has 0 aromatic heterocycles. The Balaban J connectivity index is 1.99. The van der Waals surface area contributed by atoms with Gasteiger partial charge in [-0.3, -0.25) is 5.32 Å². The number of nitrogens with one attached hydrogen (secondary N) is 1. The molecular formula is C15H13NO5. The van der Waals surface area contributed by atoms with Gasteiger partial charge in [-0.15, -0.1) is 0 Å². The van der Waals surface area contributed by atoms with E-state index >= 15 is 0 Å². The summed E-state index contributed by atoms with van der Waals surface area (Å²) in [4.78, 5) is 22.5. The smallest absolute Gasteiger partial charge is 0.412 e. The van der Waals surface area contributed by atoms with Crippen molar-refractivity contribution in [1.82, 2.24) is 0 Å². The largest absolute Gasteiger partial charge is 0.506 e. The minimum atomic E-state index is -1.16. The van der Waals surface area contributed by atoms with Gasteiger partial charge in [-0.2, -0.15) is 0 Å². The van der Waals surface area contributed by atoms with Gasteiger partial charge in [0.15, 0.2) is 0 Å². The number of hydrogen-bond donors (Lipinski definition) is 3. The Bertz CT molecular complexity index is 654. The third kappa shape index (κ3) is 3.97. The van der Waals surface area contributed by atoms with Crippen LogP contribution >= 0.6 is 0 Å². The van der Waals surface area contributed by atoms with Crippen LogP contribution in [0, 0.1) is 0 Å². The van der Waals surface area contributed by atoms with Crippen molar-refractivity contribution >= 4 is 17.7 Å². The lowest BCUT2D eigenvalue weighted by Crippen LogP contribution is -2.14. The first kappa shape index (κ1) is 14.4. The second-order valence-electron chi connectivity index (χ2n) is 4.22. The number of ether oxygens (including phenoxy) is 1. The minimum absolute atomic E-state index is 0.0204. The Morgan fingerprint density at radius 1 is 1.10 bits per heavy atom. The quantitative estimate of drug-likeness (QED) is 0.751. The highest BCUT2D eigenvalue weighted by atomic mass is 16.5. The first-order valence-electron chi connectivity index (χ1n) is 6.10. The molecule has 0 bridgehead atoms. The highest BCUT2D eigenvalue weighted by Crippen LogP contribution is 2.24. The summed E-state index contributed by atoms with van der Waals surface area (Å²) in [6, 6.07) is 12.7. The Hall–Kier alpha value is -3.02. The lowest BCUT2D eigenvalue weighted by atomic mass is 10.2. The summed E-state index contributed by atoms with van der Waals surface area (Å²) in [7, 11) is 0. The van der Waals surface area contributed by atoms with E-state index in [2.05, 4.69) is 5.32 Å². The number of aromatic carboxylic acids is 1. The van der Waals surface area contributed by atoms with E-state index in [0.29, 0.717) is 0 Å². The van der Waals surface area contributed by atoms with Crippen molar-refractivity contribution in [1.29, 1.82) is 0 Å². The number of carboxylic acids is 1. The number of carbonyl (C=O) groups is 2. The fourth-order valence-corrected chi connectivity index (χ4v) is 1.64. The number of phenolic OH excluding ortho intramolecular Hbond substituents is 1. The molecule has 1 amide bonds. The maximum Gasteiger partial charge on any atom is 0.412 e. The molecule has 6 nitrogen and oxygen atoms in total. The van der Waals surface area contributed by atoms with Gasteiger partial charge in [0.05, 0.1) is 11.3 Å². The number of benzene rings is 2. The molecule has 0 atom stereocenters. The number of carboxylic acid groups (broad SMARTS) is 1. The van der Waals surface area contributed by atoms with Gasteiger partial charge >= 0.3 is 12.1 Å². The number of anilines is 1. The van der Waals surface area contributed by atoms with Crippen LogP contribution in [0.25, 0.3) is 0 Å². The molecule has 0 spiro atoms. The van der Waals surface area contributed by atoms with Gasteiger partial charge in [0.2, 0.25) is 0 Å². The average molecular weight is 287 g/mol. The normalized spacial score (nSPS) is 9.90. The molecule has 0 radical (unpaired) electrons. The molecule has 108 valence electrons. The first-order valence-corrected chi connectivity index (χ1v) is 6.10. The number of aromatic hydroxyl groups is 1. The van der Waals surface area contributed by atoms with Crippen molar-refractivity contribution in [2.75, 3.05) is 5.32 Å². The van der Waals surface area contributed by atoms with Gasteiger partial charge < -0.3 is 14.9 Å². The predicted molar refractivity (Wildman–Crippen MR) is 75.3 cm³/mol. The van der Waals surface area contributed by atoms with Crippen LogP contribution in [0.3, 0.4) is 0 Å². The minimum Gasteiger partial charge on any atom is -0.506 e. The molecule has 0 unspecified atom stereocenters. The molecule has 0 saturated carbocycles. The molecule has 0 aliphatic carbocycles. The van der Waals surface area contributed by atoms with E-state index in [1.807, 2.05) is 18.2 Å². The molecule has 2 rings (SSSR count). The Labute approximate surface area is 120 Å². The van der Waals surface area contributed by atoms with E-state index < -0.39 is 12.1 Å². The molecule has 2 aromatic rings. The Kier molecular flexibility index (Phi) is 4.40. The third-order valence-corrected chi connectivity index (χ3v) is 2.69. The lowest BCUT2D eigenvalue weighted by Gasteiger charge is -2.09. The van der Waals surface area contributed by atoms with E-state index in [4.69, 9.17) is 9.84 Å². The zero-order valence-electron chi connectivity index (χ0n) is 10.9. The summed E-state index contributed by atoms with van der Waals surface area (Å²) in [6.07, 6.45) is -0.781. The van der Waals surface area contributed by atoms with Gasteiger partial charge in [-0.25, -0.2) is 9.59 Å². The van der Waals surface area contributed by atoms with E-state index in [1.54, 1.807) is 12.1 Å². The highest BCUT2D eigenvalue weighted by molar-refractivity contribution is 5.92. The standard InChI is InChI=1S/C15H13NO5/c17-13-7-6-11(14(18)19)8-12(13)16-15(20)21-9-10-4-2-1-3-5-10/h1-8,17H,9H2,(H,16,20)(H,18,19). The van der Waals surface area contributed by atoms with Crippen molar-refractivity contribution in [2.45, 2.75) is 6.61 Å². The number of amides is 1. The summed E-state index contributed by atoms with van der Waals surface area (Å²) < 4.78 is 4.98. The third-order valence-electron chi connectivity index (χ3n) is 2.69. The fraction of sp³-hybridized carbons (Fsp3) is 0.0667. The maximum absolute atomic E-state index is 11.6. The Morgan fingerprint density at radius 3 is 2.48 bits per heavy atom. The molecule has 3 N–H and O–H groups in total. The van der Waals surface area contributed by atoms with Crippen LogP contribution in [0.4, 0.5) is 10.5 Å². The predicted octanol–water partition coefficient (Wildman–Crippen LogP) is 2.84. The van der Waals surface area contributed by atoms with Crippen LogP contribution in [0.5, 0.6) is 5.75 Å². The van der Waals surface area contributed by atoms with E-state index in [0.717, 1.165) is 11.6 Å². The van der Waals surface area contributed by atoms with E-state index in [-0.39, 0.29) is 23.6 Å². The van der Waals surface area contributed by atoms with Gasteiger partial charge in [-0.05, 0) is 23.8 Å². The molecular weight excluding hydrogens is 274 g/mol. The highest BCUT2D eigenvalue weighted by Gasteiger charge is 2.11. The van der Waals surface area contributed by atoms with Crippen LogP contribution in [-0.2, 0) is 11.3 Å². The number of hydrogen-bond acceptors (Lipinski definition) is 4. The molecule has 0 fully saturated rings. The summed E-state index contributed by atoms with van der Waals surface area (Å²) >= 11 is 0. The monoisotopic (exact) mass is 287 g/mol. The van der Waals surface area contributed by atoms with Crippen LogP contribution < -0.4 is 5.32 Å². The SMILES string of the molecule is O=C(Nc1cc(C(=O)O)ccc1O)OCc1ccccc1. The van der Waals surface area contributed by atoms with Crippen molar-refractivity contribution < 1.29 is 24.5 Å². The van der Waals surface area contributed by atoms with Crippen molar-refractivity contribution in [2.24, 2.45) is 0 Å². The van der Waals surface area contributed by atoms with Crippen LogP contribution in [0.2, 0.25) is 0 Å². The second kappa shape index (κ2) is 6.42. The van der Waals surface area contributed by atoms with Crippen molar-refractivity contribution in [3.8, 4) is 5.75 Å². The number of phenols is 1. The first-order chi connectivity index (χ1) is 10.1. The Morgan fingerprint density at radius 2 is 1.81 bits per heavy atom. The van der Waals surface area contributed by atoms with Crippen LogP contribution in [0.1, 0.15) is 15.9 Å². The maximum atomic E-state index is 11.6. The van der Waals surface area contributed by atoms with Gasteiger partial charge in [0.25, 0.3) is 0 Å². The molecule has 0 aliphatic heterocycles. The summed E-state index contributed by atoms with van der Waals surface area (Å²) in [6.45, 7) is 0.0755. The van der Waals surface area contributed by atoms with Crippen LogP contribution in [0.15, 0.2) is 48.5 Å². The second-order valence-corrected chi connectivity index (χ2v) is 4.22. The summed E-state index contributed by atoms with van der Waals surface area (Å²) in [5.41, 5.74) is 0.746. The van der Waals surface area contributed by atoms with Gasteiger partial charge in [0, 0.05) is 0 Å². The molecule has 0 aliphatic rings. The fourth-order valence-electron chi connectivity index (χ4n) is 1.64. The topological polar surface area (TPSA) is 95.9 Å². The van der Waals surface area contributed by atoms with E-state index in [1.165, 1.54) is 12.1 Å². The van der Waals surface area contributed by atoms with Crippen molar-refractivity contribution in [3.63, 3.8) is 0 Å². The summed E-state index contributed by atoms with van der Waals surface area (Å²) in [5.74, 6) is -1.40. The van der Waals surface area contributed by atoms with Gasteiger partial charge in [0.1, 0.15) is 12.4 Å². The zero-order chi connectivity index (χ0) is 15.2. The lowest BCUT2D eigenvalue weighted by molar-refractivity contribution is 0.0696. The molecule has 0 heterocycles. The zero-order valence-corrected chi connectivity index (χ0v) is 10.9. The molecule has 6 heteroatoms. The van der Waals surface area contributed by atoms with Gasteiger partial charge in [-0.1, -0.05) is 30.3 Å². The molecule has 21 heavy (non-hydrogen) atoms. The van der Waals surface area contributed by atoms with Crippen molar-refractivity contribution in [3.05, 3.63) is 59.7 Å². The molecule has 0 saturated heterocycles. The average Bonchev–Trinajstić information content (AvgIpc) is 2.48. The number of rotatable bonds is 4. The van der Waals surface area contributed by atoms with Crippen LogP contribution in [-0.4, -0.2) is 22.3 Å². The number of carbonyl (C=O) groups excluding carboxylic acids is 1.